The summed E-state index contributed by atoms with van der Waals surface area (Å²) >= 11 is 0. The Bertz CT molecular complexity index is 223. The van der Waals surface area contributed by atoms with Crippen molar-refractivity contribution in [1.29, 1.82) is 0 Å². The molecule has 0 amide bonds. The molecule has 384 valence electrons. The normalized spacial score (nSPS) is 0. The van der Waals surface area contributed by atoms with E-state index in [0.29, 0.717) is 0 Å². The van der Waals surface area contributed by atoms with Gasteiger partial charge in [-0.1, -0.05) is 0 Å². The van der Waals surface area contributed by atoms with Crippen LogP contribution >= 0.6 is 397 Å². The van der Waals surface area contributed by atoms with Gasteiger partial charge in [0.2, 0.25) is 0 Å². The fourth-order valence-corrected chi connectivity index (χ4v) is 0. The minimum Gasteiger partial charge on any atom is -2.00 e. The van der Waals surface area contributed by atoms with Gasteiger partial charge >= 0.3 is 2040 Å². The Morgan fingerprint density at radius 3 is 0.0722 bits per heavy atom. The van der Waals surface area contributed by atoms with Crippen LogP contribution in [0.5, 0.6) is 0 Å². The summed E-state index contributed by atoms with van der Waals surface area (Å²) in [7, 11) is 0. The van der Waals surface area contributed by atoms with Gasteiger partial charge < -0.3 is 87.6 Å². The average Bonchev–Trinajstić information content (AvgIpc) is 0. The van der Waals surface area contributed by atoms with Crippen molar-refractivity contribution in [3.63, 3.8) is 0 Å². The molecule has 0 saturated heterocycles. The number of hydrogen-bond donors (Lipinski definition) is 0. The SMILES string of the molecule is Cl.Cl.Cl.Cl.Cl.Cl.Cl.Cl.Cl.Cl.Cl.Cl.Cl.Cl.Cl.Cl.Cl.Cl.Cl.Cl.Cl.Cl.Cl.Cl.Cl.Cl.Cl.Cl.Cl.Cl.Cl.Cl.O.O.O.O.O.O.O.O.[Ca+2].[Ca+2].[Ca+2].[Ca+2].[Ca+2].[Ca+2].[Ca+2].[K+].[K+].[K+].[K+].[K+].[K+].[K+].[K+].[K+].[K+].[K+].[K+].[K+].[K+].[K+].[K+].[K+].[K+].[K+].[K+].[K+].[K+].[K+].[K+].[K+].[K+].[K+].[K+].[Li+].[Li+].[Li+].[Li+].[Li+].[Li+].[Li+].[Na+].[Na+].[Na+].[Na+].[Na+].[Na+].[Na+].[O-2].[O-2].[O-2].[O-2].[O-2].[O-2].[O-2].[O-2]. The Balaban J connectivity index is 0. The molecule has 0 aliphatic rings. The van der Waals surface area contributed by atoms with Gasteiger partial charge in [-0.25, -0.2) is 0 Å². The zero-order valence-corrected chi connectivity index (χ0v) is 210. The maximum absolute atomic E-state index is 0. The molecule has 0 unspecified atom stereocenters. The molecule has 0 aromatic heterocycles. The van der Waals surface area contributed by atoms with Crippen LogP contribution in [0.3, 0.4) is 0 Å². The summed E-state index contributed by atoms with van der Waals surface area (Å²) in [5.41, 5.74) is 0. The van der Waals surface area contributed by atoms with Crippen molar-refractivity contribution in [2.24, 2.45) is 0 Å². The zero-order chi connectivity index (χ0) is 0. The van der Waals surface area contributed by atoms with E-state index >= 15 is 0 Å². The number of halogens is 32. The second-order valence-electron chi connectivity index (χ2n) is 0. The third kappa shape index (κ3) is 873. The van der Waals surface area contributed by atoms with E-state index in [0.717, 1.165) is 0 Å². The summed E-state index contributed by atoms with van der Waals surface area (Å²) in [4.78, 5) is 0. The summed E-state index contributed by atoms with van der Waals surface area (Å²) in [6.07, 6.45) is 0. The van der Waals surface area contributed by atoms with E-state index in [1.165, 1.54) is 0 Å². The first kappa shape index (κ1) is 899. The molecule has 0 saturated carbocycles. The fourth-order valence-electron chi connectivity index (χ4n) is 0. The van der Waals surface area contributed by atoms with E-state index in [9.17, 15) is 0 Å². The van der Waals surface area contributed by atoms with Crippen LogP contribution in [-0.4, -0.2) is 308 Å². The van der Waals surface area contributed by atoms with E-state index in [-0.39, 0.29) is 2530 Å². The Kier molecular flexibility index (Phi) is 8180. The second kappa shape index (κ2) is 883. The first-order valence-corrected chi connectivity index (χ1v) is 0. The maximum Gasteiger partial charge on any atom is 2.00 e. The minimum atomic E-state index is 0. The van der Waals surface area contributed by atoms with Gasteiger partial charge in [0.25, 0.3) is 0 Å². The van der Waals surface area contributed by atoms with Crippen LogP contribution in [0.2, 0.25) is 0 Å². The third-order valence-corrected chi connectivity index (χ3v) is 0. The number of rotatable bonds is 0. The Labute approximate surface area is 2430 Å². The first-order chi connectivity index (χ1) is 0. The molecule has 0 aliphatic carbocycles. The molecule has 16 N–H and O–H groups in total. The molecule has 0 radical (unpaired) electrons. The molecule has 0 spiro atoms. The van der Waals surface area contributed by atoms with Crippen molar-refractivity contribution in [3.05, 3.63) is 0 Å². The molecule has 97 heteroatoms. The van der Waals surface area contributed by atoms with E-state index < -0.39 is 0 Å². The summed E-state index contributed by atoms with van der Waals surface area (Å²) < 4.78 is 0. The molecule has 0 aromatic carbocycles. The molecule has 0 bridgehead atoms. The van der Waals surface area contributed by atoms with E-state index in [1.54, 1.807) is 0 Å². The van der Waals surface area contributed by atoms with Gasteiger partial charge in [0.05, 0.1) is 0 Å². The summed E-state index contributed by atoms with van der Waals surface area (Å²) in [6, 6.07) is 0. The molecule has 0 aliphatic heterocycles. The van der Waals surface area contributed by atoms with Gasteiger partial charge in [0, 0.05) is 0 Å². The molecule has 0 fully saturated rings. The third-order valence-electron chi connectivity index (χ3n) is 0. The van der Waals surface area contributed by atoms with Gasteiger partial charge in [-0.3, -0.25) is 0 Å². The Morgan fingerprint density at radius 2 is 0.0722 bits per heavy atom. The first-order valence-electron chi connectivity index (χ1n) is 0. The van der Waals surface area contributed by atoms with Crippen LogP contribution in [0.25, 0.3) is 0 Å². The summed E-state index contributed by atoms with van der Waals surface area (Å²) in [5.74, 6) is 0. The van der Waals surface area contributed by atoms with Crippen LogP contribution in [0.4, 0.5) is 0 Å². The van der Waals surface area contributed by atoms with Crippen molar-refractivity contribution in [1.82, 2.24) is 0 Å². The quantitative estimate of drug-likeness (QED) is 0.204. The average molecular weight is 3020 g/mol. The standard InChI is InChI=1S/7Ca.32ClH.28K.7Li.7Na.8H2O.8O/h;;;;;;;32*1H;;;;;;;;;;;;;;;;;;;;;;;;;;;;;;;;;;;;;;;;;;;8*1H2;;;;;;;;/q7*+2;;;;;;;;;;;;;;;;;;;;;;;;;;;;;;;;;42*+1;;;;;;;;;8*-2. The predicted molar refractivity (Wildman–Crippen MR) is 307 cm³/mol. The van der Waals surface area contributed by atoms with Gasteiger partial charge in [-0.15, -0.1) is 397 Å². The minimum absolute atomic E-state index is 0. The Hall–Kier alpha value is 74.5. The zero-order valence-electron chi connectivity index (χ0n) is 67.3. The fraction of sp³-hybridized carbons (Fsp3) is 0. The molecule has 97 heavy (non-hydrogen) atoms. The second-order valence-corrected chi connectivity index (χ2v) is 0. The largest absolute Gasteiger partial charge is 2.00 e. The van der Waals surface area contributed by atoms with E-state index in [1.807, 2.05) is 0 Å². The van der Waals surface area contributed by atoms with Crippen molar-refractivity contribution in [3.8, 4) is 0 Å². The van der Waals surface area contributed by atoms with Crippen LogP contribution in [0, 0.1) is 0 Å². The topological polar surface area (TPSA) is 480 Å². The monoisotopic (exact) mass is 3000 g/mol. The van der Waals surface area contributed by atoms with Crippen molar-refractivity contribution in [2.45, 2.75) is 0 Å². The summed E-state index contributed by atoms with van der Waals surface area (Å²) in [5, 5.41) is 0. The van der Waals surface area contributed by atoms with Crippen molar-refractivity contribution >= 4 is 661 Å². The van der Waals surface area contributed by atoms with Crippen LogP contribution < -0.4 is 1780 Å². The molecule has 0 rings (SSSR count). The molecule has 16 nitrogen and oxygen atoms in total. The smallest absolute Gasteiger partial charge is 2.00 e. The molecular weight excluding hydrogens is 2980 g/mol. The van der Waals surface area contributed by atoms with Gasteiger partial charge in [0.15, 0.2) is 0 Å². The van der Waals surface area contributed by atoms with E-state index in [2.05, 4.69) is 0 Å². The maximum atomic E-state index is 0. The van der Waals surface area contributed by atoms with Crippen LogP contribution in [0.1, 0.15) is 0 Å². The molecule has 0 aromatic rings. The van der Waals surface area contributed by atoms with Gasteiger partial charge in [-0.2, -0.15) is 0 Å². The van der Waals surface area contributed by atoms with Gasteiger partial charge in [0.1, 0.15) is 0 Å². The van der Waals surface area contributed by atoms with Crippen molar-refractivity contribution < 1.29 is 1870 Å². The van der Waals surface area contributed by atoms with Crippen LogP contribution in [-0.2, 0) is 43.8 Å². The molecule has 0 atom stereocenters. The molecular formula is H48Ca7Cl32K28Li7Na7O16+40. The van der Waals surface area contributed by atoms with E-state index in [4.69, 9.17) is 0 Å². The summed E-state index contributed by atoms with van der Waals surface area (Å²) in [6.45, 7) is 0. The predicted octanol–water partition coefficient (Wildman–Crippen LogP) is -123. The van der Waals surface area contributed by atoms with Gasteiger partial charge in [-0.05, 0) is 0 Å². The Morgan fingerprint density at radius 1 is 0.0722 bits per heavy atom. The van der Waals surface area contributed by atoms with Crippen molar-refractivity contribution in [2.75, 3.05) is 0 Å². The number of hydrogen-bond acceptors (Lipinski definition) is 0. The van der Waals surface area contributed by atoms with Crippen LogP contribution in [0.15, 0.2) is 0 Å². The molecule has 0 heterocycles.